The van der Waals surface area contributed by atoms with E-state index in [1.807, 2.05) is 13.8 Å². The summed E-state index contributed by atoms with van der Waals surface area (Å²) < 4.78 is 0. The molecule has 0 heterocycles. The molecule has 0 atom stereocenters. The van der Waals surface area contributed by atoms with Gasteiger partial charge in [0.05, 0.1) is 5.54 Å². The van der Waals surface area contributed by atoms with Crippen molar-refractivity contribution in [1.29, 1.82) is 0 Å². The van der Waals surface area contributed by atoms with Crippen molar-refractivity contribution in [2.45, 2.75) is 25.8 Å². The highest BCUT2D eigenvalue weighted by atomic mass is 35.5. The van der Waals surface area contributed by atoms with E-state index in [1.165, 1.54) is 0 Å². The Labute approximate surface area is 106 Å². The van der Waals surface area contributed by atoms with Gasteiger partial charge < -0.3 is 5.32 Å². The van der Waals surface area contributed by atoms with Gasteiger partial charge in [0.15, 0.2) is 5.78 Å². The van der Waals surface area contributed by atoms with Gasteiger partial charge in [0, 0.05) is 16.5 Å². The van der Waals surface area contributed by atoms with E-state index in [9.17, 15) is 4.79 Å². The van der Waals surface area contributed by atoms with Crippen LogP contribution in [0.4, 0.5) is 0 Å². The fourth-order valence-corrected chi connectivity index (χ4v) is 1.59. The van der Waals surface area contributed by atoms with Crippen molar-refractivity contribution in [3.63, 3.8) is 0 Å². The molecule has 88 valence electrons. The number of likely N-dealkylation sites (N-methyl/N-ethyl adjacent to an activating group) is 1. The van der Waals surface area contributed by atoms with Crippen LogP contribution in [0.1, 0.15) is 19.4 Å². The molecule has 1 aromatic rings. The summed E-state index contributed by atoms with van der Waals surface area (Å²) in [6, 6.07) is 5.15. The zero-order valence-electron chi connectivity index (χ0n) is 9.60. The predicted octanol–water partition coefficient (Wildman–Crippen LogP) is 3.10. The van der Waals surface area contributed by atoms with Crippen molar-refractivity contribution in [1.82, 2.24) is 5.32 Å². The molecule has 0 saturated carbocycles. The molecule has 0 radical (unpaired) electrons. The summed E-state index contributed by atoms with van der Waals surface area (Å²) in [5.74, 6) is 0.0826. The largest absolute Gasteiger partial charge is 0.308 e. The van der Waals surface area contributed by atoms with E-state index in [-0.39, 0.29) is 12.2 Å². The van der Waals surface area contributed by atoms with Crippen LogP contribution < -0.4 is 5.32 Å². The molecule has 0 bridgehead atoms. The van der Waals surface area contributed by atoms with E-state index in [2.05, 4.69) is 5.32 Å². The molecule has 0 aliphatic rings. The molecule has 0 saturated heterocycles. The van der Waals surface area contributed by atoms with E-state index >= 15 is 0 Å². The average molecular weight is 260 g/mol. The highest BCUT2D eigenvalue weighted by Gasteiger charge is 2.25. The van der Waals surface area contributed by atoms with Crippen LogP contribution in [-0.4, -0.2) is 18.4 Å². The molecular formula is C12H15Cl2NO. The Hall–Kier alpha value is -0.570. The first-order valence-electron chi connectivity index (χ1n) is 5.03. The number of carbonyl (C=O) groups is 1. The predicted molar refractivity (Wildman–Crippen MR) is 68.3 cm³/mol. The van der Waals surface area contributed by atoms with E-state index in [4.69, 9.17) is 23.2 Å². The molecule has 0 aliphatic heterocycles. The summed E-state index contributed by atoms with van der Waals surface area (Å²) in [6.45, 7) is 3.68. The molecule has 16 heavy (non-hydrogen) atoms. The molecule has 0 amide bonds. The van der Waals surface area contributed by atoms with Crippen LogP contribution >= 0.6 is 23.2 Å². The third-order valence-corrected chi connectivity index (χ3v) is 3.28. The van der Waals surface area contributed by atoms with Gasteiger partial charge in [-0.15, -0.1) is 0 Å². The Bertz CT molecular complexity index is 402. The molecule has 1 rings (SSSR count). The summed E-state index contributed by atoms with van der Waals surface area (Å²) in [6.07, 6.45) is 0.285. The maximum absolute atomic E-state index is 12.0. The normalized spacial score (nSPS) is 11.6. The third kappa shape index (κ3) is 3.21. The van der Waals surface area contributed by atoms with Gasteiger partial charge in [-0.3, -0.25) is 4.79 Å². The zero-order valence-corrected chi connectivity index (χ0v) is 11.1. The first kappa shape index (κ1) is 13.5. The topological polar surface area (TPSA) is 29.1 Å². The van der Waals surface area contributed by atoms with E-state index in [0.717, 1.165) is 5.56 Å². The summed E-state index contributed by atoms with van der Waals surface area (Å²) >= 11 is 11.9. The van der Waals surface area contributed by atoms with E-state index in [1.54, 1.807) is 25.2 Å². The van der Waals surface area contributed by atoms with Crippen LogP contribution in [0.25, 0.3) is 0 Å². The molecular weight excluding hydrogens is 245 g/mol. The first-order valence-corrected chi connectivity index (χ1v) is 5.78. The van der Waals surface area contributed by atoms with Crippen molar-refractivity contribution < 1.29 is 4.79 Å². The smallest absolute Gasteiger partial charge is 0.156 e. The van der Waals surface area contributed by atoms with Gasteiger partial charge in [0.1, 0.15) is 0 Å². The van der Waals surface area contributed by atoms with E-state index in [0.29, 0.717) is 10.0 Å². The van der Waals surface area contributed by atoms with Crippen molar-refractivity contribution in [3.05, 3.63) is 33.8 Å². The minimum Gasteiger partial charge on any atom is -0.308 e. The second kappa shape index (κ2) is 5.17. The van der Waals surface area contributed by atoms with Crippen LogP contribution in [0.3, 0.4) is 0 Å². The minimum atomic E-state index is -0.550. The molecule has 0 aliphatic carbocycles. The Kier molecular flexibility index (Phi) is 4.36. The quantitative estimate of drug-likeness (QED) is 0.901. The molecule has 0 spiro atoms. The molecule has 0 unspecified atom stereocenters. The van der Waals surface area contributed by atoms with Gasteiger partial charge >= 0.3 is 0 Å². The molecule has 2 nitrogen and oxygen atoms in total. The highest BCUT2D eigenvalue weighted by Crippen LogP contribution is 2.22. The highest BCUT2D eigenvalue weighted by molar-refractivity contribution is 6.33. The van der Waals surface area contributed by atoms with Gasteiger partial charge in [-0.2, -0.15) is 0 Å². The number of halogens is 2. The van der Waals surface area contributed by atoms with E-state index < -0.39 is 5.54 Å². The minimum absolute atomic E-state index is 0.0826. The lowest BCUT2D eigenvalue weighted by atomic mass is 9.94. The van der Waals surface area contributed by atoms with Crippen LogP contribution in [0.15, 0.2) is 18.2 Å². The number of hydrogen-bond acceptors (Lipinski definition) is 2. The summed E-state index contributed by atoms with van der Waals surface area (Å²) in [5.41, 5.74) is 0.216. The molecule has 1 N–H and O–H groups in total. The second-order valence-corrected chi connectivity index (χ2v) is 5.05. The Morgan fingerprint density at radius 3 is 2.56 bits per heavy atom. The average Bonchev–Trinajstić information content (AvgIpc) is 2.23. The molecule has 0 fully saturated rings. The lowest BCUT2D eigenvalue weighted by Crippen LogP contribution is -2.45. The number of rotatable bonds is 4. The Morgan fingerprint density at radius 2 is 2.00 bits per heavy atom. The van der Waals surface area contributed by atoms with Crippen molar-refractivity contribution >= 4 is 29.0 Å². The van der Waals surface area contributed by atoms with Crippen molar-refractivity contribution in [2.75, 3.05) is 7.05 Å². The van der Waals surface area contributed by atoms with Gasteiger partial charge in [0.25, 0.3) is 0 Å². The van der Waals surface area contributed by atoms with Crippen LogP contribution in [0.2, 0.25) is 10.0 Å². The fourth-order valence-electron chi connectivity index (χ4n) is 1.21. The van der Waals surface area contributed by atoms with Crippen molar-refractivity contribution in [3.8, 4) is 0 Å². The lowest BCUT2D eigenvalue weighted by Gasteiger charge is -2.22. The van der Waals surface area contributed by atoms with Gasteiger partial charge in [-0.25, -0.2) is 0 Å². The number of nitrogens with one attached hydrogen (secondary N) is 1. The molecule has 4 heteroatoms. The molecule has 1 aromatic carbocycles. The number of Topliss-reactive ketones (excluding diaryl/α,β-unsaturated/α-hetero) is 1. The van der Waals surface area contributed by atoms with Crippen molar-refractivity contribution in [2.24, 2.45) is 0 Å². The monoisotopic (exact) mass is 259 g/mol. The Balaban J connectivity index is 2.89. The van der Waals surface area contributed by atoms with Crippen LogP contribution in [-0.2, 0) is 11.2 Å². The zero-order chi connectivity index (χ0) is 12.3. The summed E-state index contributed by atoms with van der Waals surface area (Å²) in [5, 5.41) is 4.14. The third-order valence-electron chi connectivity index (χ3n) is 2.68. The van der Waals surface area contributed by atoms with Crippen LogP contribution in [0, 0.1) is 0 Å². The number of benzene rings is 1. The number of hydrogen-bond donors (Lipinski definition) is 1. The van der Waals surface area contributed by atoms with Gasteiger partial charge in [-0.1, -0.05) is 23.2 Å². The Morgan fingerprint density at radius 1 is 1.38 bits per heavy atom. The fraction of sp³-hybridized carbons (Fsp3) is 0.417. The second-order valence-electron chi connectivity index (χ2n) is 4.21. The van der Waals surface area contributed by atoms with Gasteiger partial charge in [0.2, 0.25) is 0 Å². The first-order chi connectivity index (χ1) is 7.36. The molecule has 0 aromatic heterocycles. The number of carbonyl (C=O) groups excluding carboxylic acids is 1. The van der Waals surface area contributed by atoms with Gasteiger partial charge in [-0.05, 0) is 44.7 Å². The maximum Gasteiger partial charge on any atom is 0.156 e. The number of ketones is 1. The standard InChI is InChI=1S/C12H15Cl2NO/c1-12(2,15-3)11(16)7-8-6-9(13)4-5-10(8)14/h4-6,15H,7H2,1-3H3. The lowest BCUT2D eigenvalue weighted by molar-refractivity contribution is -0.123. The SMILES string of the molecule is CNC(C)(C)C(=O)Cc1cc(Cl)ccc1Cl. The summed E-state index contributed by atoms with van der Waals surface area (Å²) in [4.78, 5) is 12.0. The maximum atomic E-state index is 12.0. The van der Waals surface area contributed by atoms with Crippen LogP contribution in [0.5, 0.6) is 0 Å². The summed E-state index contributed by atoms with van der Waals surface area (Å²) in [7, 11) is 1.76.